The van der Waals surface area contributed by atoms with E-state index >= 15 is 0 Å². The van der Waals surface area contributed by atoms with Gasteiger partial charge in [0.25, 0.3) is 0 Å². The van der Waals surface area contributed by atoms with Crippen LogP contribution in [0.4, 0.5) is 5.13 Å². The van der Waals surface area contributed by atoms with Crippen molar-refractivity contribution in [2.75, 3.05) is 32.1 Å². The van der Waals surface area contributed by atoms with Gasteiger partial charge in [0.15, 0.2) is 10.8 Å². The van der Waals surface area contributed by atoms with E-state index in [0.29, 0.717) is 11.7 Å². The molecule has 0 bridgehead atoms. The van der Waals surface area contributed by atoms with Crippen molar-refractivity contribution >= 4 is 22.4 Å². The van der Waals surface area contributed by atoms with E-state index in [2.05, 4.69) is 22.1 Å². The highest BCUT2D eigenvalue weighted by atomic mass is 32.1. The van der Waals surface area contributed by atoms with E-state index in [4.69, 9.17) is 4.74 Å². The Kier molecular flexibility index (Phi) is 4.76. The van der Waals surface area contributed by atoms with Gasteiger partial charge in [-0.25, -0.2) is 9.78 Å². The Morgan fingerprint density at radius 2 is 2.42 bits per heavy atom. The van der Waals surface area contributed by atoms with Gasteiger partial charge in [-0.2, -0.15) is 0 Å². The number of aromatic nitrogens is 1. The molecule has 2 heterocycles. The summed E-state index contributed by atoms with van der Waals surface area (Å²) in [5, 5.41) is 4.26. The number of piperidine rings is 1. The summed E-state index contributed by atoms with van der Waals surface area (Å²) in [7, 11) is 1.38. The van der Waals surface area contributed by atoms with Crippen LogP contribution >= 0.6 is 11.3 Å². The number of rotatable bonds is 4. The van der Waals surface area contributed by atoms with E-state index in [1.54, 1.807) is 0 Å². The highest BCUT2D eigenvalue weighted by Gasteiger charge is 2.21. The van der Waals surface area contributed by atoms with E-state index in [1.165, 1.54) is 31.4 Å². The van der Waals surface area contributed by atoms with E-state index in [9.17, 15) is 4.79 Å². The molecule has 1 unspecified atom stereocenters. The molecule has 1 aromatic heterocycles. The molecular weight excluding hydrogens is 262 g/mol. The Labute approximate surface area is 118 Å². The van der Waals surface area contributed by atoms with Gasteiger partial charge in [-0.05, 0) is 32.9 Å². The summed E-state index contributed by atoms with van der Waals surface area (Å²) in [6, 6.07) is 0.421. The standard InChI is InChI=1S/C13H21N3O2S/c1-4-16-7-5-6-10(8-16)14-13-15-11(9(2)19-13)12(17)18-3/h10H,4-8H2,1-3H3,(H,14,15). The molecule has 0 radical (unpaired) electrons. The molecule has 0 spiro atoms. The molecule has 5 nitrogen and oxygen atoms in total. The Morgan fingerprint density at radius 3 is 3.11 bits per heavy atom. The molecule has 1 aliphatic heterocycles. The summed E-state index contributed by atoms with van der Waals surface area (Å²) in [6.07, 6.45) is 2.36. The van der Waals surface area contributed by atoms with Crippen LogP contribution in [0.1, 0.15) is 35.1 Å². The van der Waals surface area contributed by atoms with Crippen molar-refractivity contribution in [2.24, 2.45) is 0 Å². The second-order valence-corrected chi connectivity index (χ2v) is 6.00. The largest absolute Gasteiger partial charge is 0.464 e. The average molecular weight is 283 g/mol. The topological polar surface area (TPSA) is 54.5 Å². The smallest absolute Gasteiger partial charge is 0.357 e. The van der Waals surface area contributed by atoms with Crippen LogP contribution in [0.2, 0.25) is 0 Å². The zero-order valence-corrected chi connectivity index (χ0v) is 12.5. The number of carbonyl (C=O) groups excluding carboxylic acids is 1. The highest BCUT2D eigenvalue weighted by Crippen LogP contribution is 2.24. The molecule has 0 aliphatic carbocycles. The number of hydrogen-bond acceptors (Lipinski definition) is 6. The minimum atomic E-state index is -0.361. The molecule has 0 aromatic carbocycles. The number of ether oxygens (including phenoxy) is 1. The van der Waals surface area contributed by atoms with Crippen LogP contribution in [0.25, 0.3) is 0 Å². The van der Waals surface area contributed by atoms with Crippen molar-refractivity contribution in [2.45, 2.75) is 32.7 Å². The molecule has 1 N–H and O–H groups in total. The Balaban J connectivity index is 2.01. The number of carbonyl (C=O) groups is 1. The molecular formula is C13H21N3O2S. The first kappa shape index (κ1) is 14.3. The lowest BCUT2D eigenvalue weighted by Gasteiger charge is -2.32. The predicted molar refractivity (Wildman–Crippen MR) is 76.9 cm³/mol. The number of esters is 1. The summed E-state index contributed by atoms with van der Waals surface area (Å²) in [6.45, 7) is 7.39. The number of aryl methyl sites for hydroxylation is 1. The number of anilines is 1. The maximum absolute atomic E-state index is 11.5. The lowest BCUT2D eigenvalue weighted by Crippen LogP contribution is -2.41. The normalized spacial score (nSPS) is 20.3. The van der Waals surface area contributed by atoms with Crippen molar-refractivity contribution in [3.8, 4) is 0 Å². The summed E-state index contributed by atoms with van der Waals surface area (Å²) >= 11 is 1.52. The van der Waals surface area contributed by atoms with Crippen LogP contribution in [-0.2, 0) is 4.74 Å². The number of nitrogens with one attached hydrogen (secondary N) is 1. The van der Waals surface area contributed by atoms with Gasteiger partial charge in [0.1, 0.15) is 0 Å². The molecule has 0 amide bonds. The van der Waals surface area contributed by atoms with E-state index in [0.717, 1.165) is 29.5 Å². The van der Waals surface area contributed by atoms with Crippen LogP contribution in [0, 0.1) is 6.92 Å². The first-order valence-corrected chi connectivity index (χ1v) is 7.50. The molecule has 1 saturated heterocycles. The Morgan fingerprint density at radius 1 is 1.63 bits per heavy atom. The van der Waals surface area contributed by atoms with Gasteiger partial charge in [-0.3, -0.25) is 0 Å². The summed E-state index contributed by atoms with van der Waals surface area (Å²) < 4.78 is 4.72. The SMILES string of the molecule is CCN1CCCC(Nc2nc(C(=O)OC)c(C)s2)C1. The van der Waals surface area contributed by atoms with Crippen LogP contribution in [0.3, 0.4) is 0 Å². The lowest BCUT2D eigenvalue weighted by atomic mass is 10.1. The lowest BCUT2D eigenvalue weighted by molar-refractivity contribution is 0.0594. The van der Waals surface area contributed by atoms with Crippen molar-refractivity contribution in [1.29, 1.82) is 0 Å². The third-order valence-electron chi connectivity index (χ3n) is 3.46. The number of methoxy groups -OCH3 is 1. The predicted octanol–water partition coefficient (Wildman–Crippen LogP) is 2.13. The van der Waals surface area contributed by atoms with Crippen LogP contribution < -0.4 is 5.32 Å². The molecule has 2 rings (SSSR count). The molecule has 1 aromatic rings. The summed E-state index contributed by atoms with van der Waals surface area (Å²) in [5.41, 5.74) is 0.429. The molecule has 19 heavy (non-hydrogen) atoms. The molecule has 106 valence electrons. The molecule has 1 fully saturated rings. The van der Waals surface area contributed by atoms with Crippen LogP contribution in [0.15, 0.2) is 0 Å². The third-order valence-corrected chi connectivity index (χ3v) is 4.36. The average Bonchev–Trinajstić information content (AvgIpc) is 2.79. The highest BCUT2D eigenvalue weighted by molar-refractivity contribution is 7.15. The van der Waals surface area contributed by atoms with Crippen molar-refractivity contribution in [1.82, 2.24) is 9.88 Å². The molecule has 1 atom stereocenters. The van der Waals surface area contributed by atoms with Gasteiger partial charge >= 0.3 is 5.97 Å². The number of hydrogen-bond donors (Lipinski definition) is 1. The maximum Gasteiger partial charge on any atom is 0.357 e. The fourth-order valence-electron chi connectivity index (χ4n) is 2.38. The number of thiazole rings is 1. The zero-order valence-electron chi connectivity index (χ0n) is 11.7. The van der Waals surface area contributed by atoms with Crippen molar-refractivity contribution in [3.63, 3.8) is 0 Å². The van der Waals surface area contributed by atoms with E-state index in [-0.39, 0.29) is 5.97 Å². The number of nitrogens with zero attached hydrogens (tertiary/aromatic N) is 2. The van der Waals surface area contributed by atoms with Gasteiger partial charge < -0.3 is 15.0 Å². The fourth-order valence-corrected chi connectivity index (χ4v) is 3.26. The second kappa shape index (κ2) is 6.34. The van der Waals surface area contributed by atoms with Gasteiger partial charge in [0.2, 0.25) is 0 Å². The minimum absolute atomic E-state index is 0.361. The van der Waals surface area contributed by atoms with Crippen molar-refractivity contribution < 1.29 is 9.53 Å². The minimum Gasteiger partial charge on any atom is -0.464 e. The first-order chi connectivity index (χ1) is 9.13. The zero-order chi connectivity index (χ0) is 13.8. The van der Waals surface area contributed by atoms with Gasteiger partial charge in [-0.15, -0.1) is 11.3 Å². The Bertz CT molecular complexity index is 447. The molecule has 6 heteroatoms. The quantitative estimate of drug-likeness (QED) is 0.858. The van der Waals surface area contributed by atoms with E-state index in [1.807, 2.05) is 6.92 Å². The van der Waals surface area contributed by atoms with Crippen LogP contribution in [0.5, 0.6) is 0 Å². The second-order valence-electron chi connectivity index (χ2n) is 4.79. The van der Waals surface area contributed by atoms with Gasteiger partial charge in [0, 0.05) is 17.5 Å². The van der Waals surface area contributed by atoms with E-state index < -0.39 is 0 Å². The summed E-state index contributed by atoms with van der Waals surface area (Å²) in [5.74, 6) is -0.361. The van der Waals surface area contributed by atoms with Crippen LogP contribution in [-0.4, -0.2) is 48.6 Å². The summed E-state index contributed by atoms with van der Waals surface area (Å²) in [4.78, 5) is 19.2. The third kappa shape index (κ3) is 3.45. The first-order valence-electron chi connectivity index (χ1n) is 6.68. The molecule has 1 aliphatic rings. The Hall–Kier alpha value is -1.14. The number of likely N-dealkylation sites (tertiary alicyclic amines) is 1. The van der Waals surface area contributed by atoms with Gasteiger partial charge in [0.05, 0.1) is 7.11 Å². The maximum atomic E-state index is 11.5. The monoisotopic (exact) mass is 283 g/mol. The fraction of sp³-hybridized carbons (Fsp3) is 0.692. The molecule has 0 saturated carbocycles. The van der Waals surface area contributed by atoms with Crippen molar-refractivity contribution in [3.05, 3.63) is 10.6 Å². The number of likely N-dealkylation sites (N-methyl/N-ethyl adjacent to an activating group) is 1. The van der Waals surface area contributed by atoms with Gasteiger partial charge in [-0.1, -0.05) is 6.92 Å².